The van der Waals surface area contributed by atoms with E-state index >= 15 is 0 Å². The maximum atomic E-state index is 13.1. The van der Waals surface area contributed by atoms with Gasteiger partial charge in [0.1, 0.15) is 12.1 Å². The summed E-state index contributed by atoms with van der Waals surface area (Å²) >= 11 is 2.73. The molecule has 23 heavy (non-hydrogen) atoms. The van der Waals surface area contributed by atoms with Gasteiger partial charge in [-0.15, -0.1) is 0 Å². The van der Waals surface area contributed by atoms with Gasteiger partial charge in [0.25, 0.3) is 6.43 Å². The highest BCUT2D eigenvalue weighted by Crippen LogP contribution is 2.41. The van der Waals surface area contributed by atoms with Crippen molar-refractivity contribution in [3.63, 3.8) is 0 Å². The van der Waals surface area contributed by atoms with Gasteiger partial charge in [0.2, 0.25) is 0 Å². The molecule has 126 valence electrons. The van der Waals surface area contributed by atoms with E-state index in [0.29, 0.717) is 6.07 Å². The van der Waals surface area contributed by atoms with E-state index in [1.54, 1.807) is 6.92 Å². The molecule has 10 heteroatoms. The summed E-state index contributed by atoms with van der Waals surface area (Å²) in [5, 5.41) is 3.20. The third-order valence-corrected chi connectivity index (χ3v) is 3.61. The number of halogens is 6. The summed E-state index contributed by atoms with van der Waals surface area (Å²) in [5.41, 5.74) is -2.28. The van der Waals surface area contributed by atoms with Gasteiger partial charge in [-0.1, -0.05) is 15.9 Å². The van der Waals surface area contributed by atoms with Crippen molar-refractivity contribution in [3.8, 4) is 0 Å². The lowest BCUT2D eigenvalue weighted by molar-refractivity contribution is -0.144. The monoisotopic (exact) mass is 400 g/mol. The molecular weight excluding hydrogens is 391 g/mol. The minimum absolute atomic E-state index is 0.0846. The van der Waals surface area contributed by atoms with Crippen LogP contribution in [-0.2, 0) is 22.3 Å². The van der Waals surface area contributed by atoms with E-state index in [2.05, 4.69) is 25.8 Å². The van der Waals surface area contributed by atoms with Gasteiger partial charge in [0.05, 0.1) is 17.7 Å². The molecule has 2 aromatic rings. The van der Waals surface area contributed by atoms with Crippen molar-refractivity contribution >= 4 is 32.8 Å². The summed E-state index contributed by atoms with van der Waals surface area (Å²) in [7, 11) is 0. The predicted molar refractivity (Wildman–Crippen MR) is 74.0 cm³/mol. The van der Waals surface area contributed by atoms with Crippen molar-refractivity contribution in [3.05, 3.63) is 27.9 Å². The zero-order valence-corrected chi connectivity index (χ0v) is 13.2. The number of hydrogen-bond donors (Lipinski definition) is 0. The van der Waals surface area contributed by atoms with Gasteiger partial charge < -0.3 is 4.74 Å². The van der Waals surface area contributed by atoms with Crippen molar-refractivity contribution in [1.29, 1.82) is 0 Å². The molecule has 0 saturated carbocycles. The highest BCUT2D eigenvalue weighted by Gasteiger charge is 2.36. The van der Waals surface area contributed by atoms with Crippen LogP contribution in [0.25, 0.3) is 10.9 Å². The van der Waals surface area contributed by atoms with Crippen molar-refractivity contribution in [2.24, 2.45) is 0 Å². The zero-order valence-electron chi connectivity index (χ0n) is 11.6. The quantitative estimate of drug-likeness (QED) is 0.567. The largest absolute Gasteiger partial charge is 0.465 e. The third-order valence-electron chi connectivity index (χ3n) is 2.96. The van der Waals surface area contributed by atoms with Crippen molar-refractivity contribution < 1.29 is 31.5 Å². The normalized spacial score (nSPS) is 12.2. The molecule has 4 nitrogen and oxygen atoms in total. The minimum atomic E-state index is -4.75. The summed E-state index contributed by atoms with van der Waals surface area (Å²) in [5.74, 6) is -0.730. The lowest BCUT2D eigenvalue weighted by atomic mass is 10.1. The lowest BCUT2D eigenvalue weighted by Crippen LogP contribution is -2.13. The van der Waals surface area contributed by atoms with E-state index in [1.807, 2.05) is 0 Å². The predicted octanol–water partition coefficient (Wildman–Crippen LogP) is 4.32. The van der Waals surface area contributed by atoms with E-state index in [9.17, 15) is 26.7 Å². The summed E-state index contributed by atoms with van der Waals surface area (Å²) in [4.78, 5) is 11.4. The maximum Gasteiger partial charge on any atom is 0.417 e. The van der Waals surface area contributed by atoms with Crippen molar-refractivity contribution in [2.75, 3.05) is 6.61 Å². The number of alkyl halides is 5. The molecule has 1 aromatic heterocycles. The minimum Gasteiger partial charge on any atom is -0.465 e. The summed E-state index contributed by atoms with van der Waals surface area (Å²) < 4.78 is 70.6. The molecule has 1 heterocycles. The number of carbonyl (C=O) groups is 1. The second-order valence-corrected chi connectivity index (χ2v) is 5.37. The van der Waals surface area contributed by atoms with Gasteiger partial charge in [-0.05, 0) is 13.0 Å². The highest BCUT2D eigenvalue weighted by molar-refractivity contribution is 9.10. The Morgan fingerprint density at radius 1 is 1.43 bits per heavy atom. The molecular formula is C13H10BrF5N2O2. The molecule has 2 rings (SSSR count). The molecule has 0 atom stereocenters. The van der Waals surface area contributed by atoms with Gasteiger partial charge in [0, 0.05) is 16.1 Å². The average molecular weight is 401 g/mol. The Morgan fingerprint density at radius 2 is 2.09 bits per heavy atom. The second-order valence-electron chi connectivity index (χ2n) is 4.51. The maximum absolute atomic E-state index is 13.1. The van der Waals surface area contributed by atoms with E-state index in [-0.39, 0.29) is 6.61 Å². The lowest BCUT2D eigenvalue weighted by Gasteiger charge is -2.11. The van der Waals surface area contributed by atoms with Crippen molar-refractivity contribution in [2.45, 2.75) is 26.1 Å². The number of fused-ring (bicyclic) bond motifs is 1. The van der Waals surface area contributed by atoms with Crippen LogP contribution in [-0.4, -0.2) is 22.4 Å². The first kappa shape index (κ1) is 17.6. The Kier molecular flexibility index (Phi) is 4.92. The van der Waals surface area contributed by atoms with Gasteiger partial charge >= 0.3 is 12.1 Å². The number of ether oxygens (including phenoxy) is 1. The molecule has 0 aliphatic carbocycles. The Morgan fingerprint density at radius 3 is 2.61 bits per heavy atom. The number of hydrogen-bond acceptors (Lipinski definition) is 3. The molecule has 0 aliphatic rings. The SMILES string of the molecule is CCOC(=O)Cn1cc2c(C(F)(F)F)cc(Br)c(C(F)F)c2n1. The number of benzene rings is 1. The highest BCUT2D eigenvalue weighted by atomic mass is 79.9. The molecule has 0 N–H and O–H groups in total. The van der Waals surface area contributed by atoms with Gasteiger partial charge in [-0.2, -0.15) is 18.3 Å². The van der Waals surface area contributed by atoms with Crippen LogP contribution in [0.15, 0.2) is 16.7 Å². The molecule has 0 fully saturated rings. The summed E-state index contributed by atoms with van der Waals surface area (Å²) in [6.45, 7) is 1.17. The smallest absolute Gasteiger partial charge is 0.417 e. The number of carbonyl (C=O) groups excluding carboxylic acids is 1. The topological polar surface area (TPSA) is 44.1 Å². The zero-order chi connectivity index (χ0) is 17.4. The molecule has 0 amide bonds. The molecule has 0 unspecified atom stereocenters. The molecule has 0 spiro atoms. The van der Waals surface area contributed by atoms with Crippen LogP contribution in [0.5, 0.6) is 0 Å². The van der Waals surface area contributed by atoms with Crippen LogP contribution in [0.1, 0.15) is 24.5 Å². The van der Waals surface area contributed by atoms with E-state index in [0.717, 1.165) is 10.9 Å². The van der Waals surface area contributed by atoms with Gasteiger partial charge in [-0.25, -0.2) is 8.78 Å². The molecule has 0 bridgehead atoms. The molecule has 0 aliphatic heterocycles. The summed E-state index contributed by atoms with van der Waals surface area (Å²) in [6, 6.07) is 0.584. The first-order chi connectivity index (χ1) is 10.6. The number of nitrogens with zero attached hydrogens (tertiary/aromatic N) is 2. The van der Waals surface area contributed by atoms with Gasteiger partial charge in [0.15, 0.2) is 0 Å². The Labute approximate surface area is 135 Å². The fourth-order valence-electron chi connectivity index (χ4n) is 2.07. The Balaban J connectivity index is 2.64. The van der Waals surface area contributed by atoms with Crippen LogP contribution in [0.2, 0.25) is 0 Å². The van der Waals surface area contributed by atoms with Crippen LogP contribution >= 0.6 is 15.9 Å². The molecule has 1 aromatic carbocycles. The van der Waals surface area contributed by atoms with Crippen molar-refractivity contribution in [1.82, 2.24) is 9.78 Å². The molecule has 0 radical (unpaired) electrons. The third kappa shape index (κ3) is 3.62. The fourth-order valence-corrected chi connectivity index (χ4v) is 2.66. The second kappa shape index (κ2) is 6.42. The first-order valence-corrected chi connectivity index (χ1v) is 7.15. The molecule has 0 saturated heterocycles. The van der Waals surface area contributed by atoms with Crippen LogP contribution in [0, 0.1) is 0 Å². The van der Waals surface area contributed by atoms with Crippen LogP contribution < -0.4 is 0 Å². The number of rotatable bonds is 4. The van der Waals surface area contributed by atoms with E-state index < -0.39 is 51.6 Å². The van der Waals surface area contributed by atoms with E-state index in [4.69, 9.17) is 0 Å². The van der Waals surface area contributed by atoms with Crippen LogP contribution in [0.3, 0.4) is 0 Å². The Bertz CT molecular complexity index is 742. The first-order valence-electron chi connectivity index (χ1n) is 6.35. The Hall–Kier alpha value is -1.71. The summed E-state index contributed by atoms with van der Waals surface area (Å²) in [6.07, 6.45) is -6.87. The van der Waals surface area contributed by atoms with Crippen LogP contribution in [0.4, 0.5) is 22.0 Å². The number of esters is 1. The fraction of sp³-hybridized carbons (Fsp3) is 0.385. The number of aromatic nitrogens is 2. The van der Waals surface area contributed by atoms with E-state index in [1.165, 1.54) is 0 Å². The van der Waals surface area contributed by atoms with Gasteiger partial charge in [-0.3, -0.25) is 9.48 Å². The average Bonchev–Trinajstić information content (AvgIpc) is 2.78. The standard InChI is InChI=1S/C13H10BrF5N2O2/c1-2-23-9(22)5-21-4-6-7(13(17,18)19)3-8(14)10(12(15)16)11(6)20-21/h3-4,12H,2,5H2,1H3.